The Morgan fingerprint density at radius 2 is 2.20 bits per heavy atom. The Balaban J connectivity index is 2.40. The molecule has 4 nitrogen and oxygen atoms in total. The van der Waals surface area contributed by atoms with Gasteiger partial charge in [-0.1, -0.05) is 11.8 Å². The van der Waals surface area contributed by atoms with Crippen LogP contribution in [0.5, 0.6) is 0 Å². The van der Waals surface area contributed by atoms with Crippen LogP contribution in [-0.2, 0) is 4.74 Å². The SMILES string of the molecule is Cc1cnc(F)c(C#CCCNC(=O)OC(C)(C)C)c1. The minimum Gasteiger partial charge on any atom is -0.444 e. The van der Waals surface area contributed by atoms with Crippen LogP contribution in [0, 0.1) is 24.7 Å². The first kappa shape index (κ1) is 16.0. The van der Waals surface area contributed by atoms with E-state index in [1.165, 1.54) is 6.20 Å². The van der Waals surface area contributed by atoms with E-state index in [9.17, 15) is 9.18 Å². The van der Waals surface area contributed by atoms with Gasteiger partial charge in [-0.25, -0.2) is 9.78 Å². The largest absolute Gasteiger partial charge is 0.444 e. The molecule has 1 amide bonds. The van der Waals surface area contributed by atoms with E-state index in [-0.39, 0.29) is 5.56 Å². The predicted molar refractivity (Wildman–Crippen MR) is 74.7 cm³/mol. The number of aromatic nitrogens is 1. The number of rotatable bonds is 2. The van der Waals surface area contributed by atoms with Crippen molar-refractivity contribution in [3.63, 3.8) is 0 Å². The summed E-state index contributed by atoms with van der Waals surface area (Å²) in [5.41, 5.74) is 0.594. The summed E-state index contributed by atoms with van der Waals surface area (Å²) in [7, 11) is 0. The molecule has 0 aliphatic rings. The Labute approximate surface area is 118 Å². The van der Waals surface area contributed by atoms with E-state index in [1.807, 2.05) is 6.92 Å². The molecule has 1 N–H and O–H groups in total. The number of alkyl carbamates (subject to hydrolysis) is 1. The van der Waals surface area contributed by atoms with E-state index in [2.05, 4.69) is 22.1 Å². The Kier molecular flexibility index (Phi) is 5.51. The lowest BCUT2D eigenvalue weighted by Gasteiger charge is -2.19. The standard InChI is InChI=1S/C15H19FN2O2/c1-11-9-12(13(16)18-10-11)7-5-6-8-17-14(19)20-15(2,3)4/h9-10H,6,8H2,1-4H3,(H,17,19). The second kappa shape index (κ2) is 6.90. The van der Waals surface area contributed by atoms with Crippen LogP contribution in [-0.4, -0.2) is 23.2 Å². The lowest BCUT2D eigenvalue weighted by atomic mass is 10.2. The maximum absolute atomic E-state index is 13.3. The number of carbonyl (C=O) groups excluding carboxylic acids is 1. The summed E-state index contributed by atoms with van der Waals surface area (Å²) in [6, 6.07) is 1.64. The van der Waals surface area contributed by atoms with Gasteiger partial charge < -0.3 is 10.1 Å². The van der Waals surface area contributed by atoms with Crippen LogP contribution >= 0.6 is 0 Å². The van der Waals surface area contributed by atoms with E-state index in [0.29, 0.717) is 13.0 Å². The number of hydrogen-bond acceptors (Lipinski definition) is 3. The molecule has 0 spiro atoms. The smallest absolute Gasteiger partial charge is 0.407 e. The van der Waals surface area contributed by atoms with Gasteiger partial charge >= 0.3 is 6.09 Å². The molecule has 5 heteroatoms. The Hall–Kier alpha value is -2.09. The molecular formula is C15H19FN2O2. The molecule has 0 saturated heterocycles. The highest BCUT2D eigenvalue weighted by Gasteiger charge is 2.15. The number of nitrogens with zero attached hydrogens (tertiary/aromatic N) is 1. The normalized spacial score (nSPS) is 10.4. The minimum absolute atomic E-state index is 0.266. The molecule has 0 fully saturated rings. The van der Waals surface area contributed by atoms with Crippen LogP contribution in [0.1, 0.15) is 38.3 Å². The summed E-state index contributed by atoms with van der Waals surface area (Å²) in [5, 5.41) is 2.58. The van der Waals surface area contributed by atoms with Gasteiger partial charge in [-0.05, 0) is 39.3 Å². The van der Waals surface area contributed by atoms with E-state index in [4.69, 9.17) is 4.74 Å². The third kappa shape index (κ3) is 6.19. The molecule has 1 aromatic rings. The van der Waals surface area contributed by atoms with Crippen molar-refractivity contribution in [3.05, 3.63) is 29.3 Å². The highest BCUT2D eigenvalue weighted by molar-refractivity contribution is 5.67. The second-order valence-electron chi connectivity index (χ2n) is 5.33. The Morgan fingerprint density at radius 3 is 2.85 bits per heavy atom. The van der Waals surface area contributed by atoms with Gasteiger partial charge in [-0.3, -0.25) is 0 Å². The maximum atomic E-state index is 13.3. The number of aryl methyl sites for hydroxylation is 1. The lowest BCUT2D eigenvalue weighted by Crippen LogP contribution is -2.32. The zero-order valence-corrected chi connectivity index (χ0v) is 12.2. The van der Waals surface area contributed by atoms with Crippen molar-refractivity contribution in [2.75, 3.05) is 6.54 Å². The van der Waals surface area contributed by atoms with E-state index in [0.717, 1.165) is 5.56 Å². The third-order valence-corrected chi connectivity index (χ3v) is 2.12. The van der Waals surface area contributed by atoms with Gasteiger partial charge in [0, 0.05) is 19.2 Å². The van der Waals surface area contributed by atoms with Crippen molar-refractivity contribution < 1.29 is 13.9 Å². The average Bonchev–Trinajstić information content (AvgIpc) is 2.30. The molecule has 108 valence electrons. The highest BCUT2D eigenvalue weighted by atomic mass is 19.1. The molecule has 0 aromatic carbocycles. The summed E-state index contributed by atoms with van der Waals surface area (Å²) in [6.07, 6.45) is 1.37. The van der Waals surface area contributed by atoms with Gasteiger partial charge in [0.15, 0.2) is 0 Å². The van der Waals surface area contributed by atoms with Gasteiger partial charge in [0.25, 0.3) is 0 Å². The molecule has 0 atom stereocenters. The van der Waals surface area contributed by atoms with Crippen LogP contribution < -0.4 is 5.32 Å². The van der Waals surface area contributed by atoms with Crippen molar-refractivity contribution >= 4 is 6.09 Å². The van der Waals surface area contributed by atoms with Crippen LogP contribution in [0.3, 0.4) is 0 Å². The molecule has 1 rings (SSSR count). The summed E-state index contributed by atoms with van der Waals surface area (Å²) >= 11 is 0. The van der Waals surface area contributed by atoms with Crippen LogP contribution in [0.25, 0.3) is 0 Å². The van der Waals surface area contributed by atoms with E-state index < -0.39 is 17.6 Å². The quantitative estimate of drug-likeness (QED) is 0.514. The first-order valence-electron chi connectivity index (χ1n) is 6.36. The van der Waals surface area contributed by atoms with Gasteiger partial charge in [0.05, 0.1) is 5.56 Å². The Morgan fingerprint density at radius 1 is 1.50 bits per heavy atom. The number of amides is 1. The average molecular weight is 278 g/mol. The molecule has 20 heavy (non-hydrogen) atoms. The van der Waals surface area contributed by atoms with Crippen LogP contribution in [0.2, 0.25) is 0 Å². The van der Waals surface area contributed by atoms with Crippen molar-refractivity contribution in [2.24, 2.45) is 0 Å². The number of hydrogen-bond donors (Lipinski definition) is 1. The number of nitrogens with one attached hydrogen (secondary N) is 1. The fraction of sp³-hybridized carbons (Fsp3) is 0.467. The third-order valence-electron chi connectivity index (χ3n) is 2.12. The summed E-state index contributed by atoms with van der Waals surface area (Å²) in [6.45, 7) is 7.55. The predicted octanol–water partition coefficient (Wildman–Crippen LogP) is 2.80. The second-order valence-corrected chi connectivity index (χ2v) is 5.33. The fourth-order valence-electron chi connectivity index (χ4n) is 1.34. The molecule has 0 unspecified atom stereocenters. The van der Waals surface area contributed by atoms with Crippen molar-refractivity contribution in [1.29, 1.82) is 0 Å². The number of pyridine rings is 1. The summed E-state index contributed by atoms with van der Waals surface area (Å²) in [4.78, 5) is 14.9. The zero-order chi connectivity index (χ0) is 15.2. The van der Waals surface area contributed by atoms with Crippen molar-refractivity contribution in [3.8, 4) is 11.8 Å². The fourth-order valence-corrected chi connectivity index (χ4v) is 1.34. The van der Waals surface area contributed by atoms with E-state index >= 15 is 0 Å². The molecular weight excluding hydrogens is 259 g/mol. The zero-order valence-electron chi connectivity index (χ0n) is 12.2. The first-order valence-corrected chi connectivity index (χ1v) is 6.36. The van der Waals surface area contributed by atoms with E-state index in [1.54, 1.807) is 26.8 Å². The summed E-state index contributed by atoms with van der Waals surface area (Å²) in [5.74, 6) is 4.90. The van der Waals surface area contributed by atoms with Gasteiger partial charge in [0.2, 0.25) is 5.95 Å². The first-order chi connectivity index (χ1) is 9.28. The highest BCUT2D eigenvalue weighted by Crippen LogP contribution is 2.06. The molecule has 1 heterocycles. The number of carbonyl (C=O) groups is 1. The number of halogens is 1. The van der Waals surface area contributed by atoms with Gasteiger partial charge in [-0.15, -0.1) is 0 Å². The monoisotopic (exact) mass is 278 g/mol. The molecule has 0 aliphatic heterocycles. The van der Waals surface area contributed by atoms with Gasteiger partial charge in [-0.2, -0.15) is 4.39 Å². The van der Waals surface area contributed by atoms with Gasteiger partial charge in [0.1, 0.15) is 5.60 Å². The molecule has 0 bridgehead atoms. The topological polar surface area (TPSA) is 51.2 Å². The summed E-state index contributed by atoms with van der Waals surface area (Å²) < 4.78 is 18.4. The molecule has 0 radical (unpaired) electrons. The molecule has 1 aromatic heterocycles. The molecule has 0 aliphatic carbocycles. The Bertz CT molecular complexity index is 539. The maximum Gasteiger partial charge on any atom is 0.407 e. The number of ether oxygens (including phenoxy) is 1. The minimum atomic E-state index is -0.580. The molecule has 0 saturated carbocycles. The van der Waals surface area contributed by atoms with Crippen molar-refractivity contribution in [2.45, 2.75) is 39.7 Å². The van der Waals surface area contributed by atoms with Crippen molar-refractivity contribution in [1.82, 2.24) is 10.3 Å². The van der Waals surface area contributed by atoms with Crippen LogP contribution in [0.4, 0.5) is 9.18 Å². The lowest BCUT2D eigenvalue weighted by molar-refractivity contribution is 0.0529. The van der Waals surface area contributed by atoms with Crippen LogP contribution in [0.15, 0.2) is 12.3 Å².